The monoisotopic (exact) mass is 249 g/mol. The van der Waals surface area contributed by atoms with Gasteiger partial charge in [-0.25, -0.2) is 9.86 Å². The fourth-order valence-corrected chi connectivity index (χ4v) is 1.81. The molecule has 0 saturated carbocycles. The number of esters is 1. The zero-order chi connectivity index (χ0) is 12.8. The summed E-state index contributed by atoms with van der Waals surface area (Å²) in [5, 5.41) is 1.05. The molecule has 0 radical (unpaired) electrons. The molecule has 1 unspecified atom stereocenters. The number of carbonyl (C=O) groups excluding carboxylic acids is 2. The number of amides is 1. The van der Waals surface area contributed by atoms with Crippen LogP contribution in [0.1, 0.15) is 18.4 Å². The minimum Gasteiger partial charge on any atom is -0.464 e. The van der Waals surface area contributed by atoms with Crippen LogP contribution in [-0.2, 0) is 25.8 Å². The quantitative estimate of drug-likeness (QED) is 0.448. The number of rotatable bonds is 5. The predicted octanol–water partition coefficient (Wildman–Crippen LogP) is 1.28. The normalized spacial score (nSPS) is 19.1. The number of hydrogen-bond acceptors (Lipinski definition) is 4. The summed E-state index contributed by atoms with van der Waals surface area (Å²) >= 11 is 0. The molecule has 0 N–H and O–H groups in total. The number of hydroxylamine groups is 2. The van der Waals surface area contributed by atoms with E-state index >= 15 is 0 Å². The predicted molar refractivity (Wildman–Crippen MR) is 63.1 cm³/mol. The lowest BCUT2D eigenvalue weighted by molar-refractivity contribution is -0.208. The number of nitrogens with zero attached hydrogens (tertiary/aromatic N) is 1. The van der Waals surface area contributed by atoms with Gasteiger partial charge in [0.1, 0.15) is 6.61 Å². The van der Waals surface area contributed by atoms with Gasteiger partial charge in [0, 0.05) is 0 Å². The van der Waals surface area contributed by atoms with Crippen molar-refractivity contribution in [2.45, 2.75) is 25.5 Å². The van der Waals surface area contributed by atoms with E-state index in [1.54, 1.807) is 0 Å². The van der Waals surface area contributed by atoms with Gasteiger partial charge in [-0.2, -0.15) is 0 Å². The molecule has 0 spiro atoms. The molecule has 1 aromatic rings. The Morgan fingerprint density at radius 3 is 2.83 bits per heavy atom. The summed E-state index contributed by atoms with van der Waals surface area (Å²) in [6.07, 6.45) is 1.85. The molecule has 0 bridgehead atoms. The van der Waals surface area contributed by atoms with Crippen molar-refractivity contribution in [1.29, 1.82) is 0 Å². The minimum absolute atomic E-state index is 0.253. The van der Waals surface area contributed by atoms with Gasteiger partial charge in [-0.05, 0) is 18.4 Å². The molecule has 1 heterocycles. The molecule has 0 aromatic heterocycles. The second-order valence-corrected chi connectivity index (χ2v) is 4.05. The summed E-state index contributed by atoms with van der Waals surface area (Å²) < 4.78 is 4.91. The molecule has 5 nitrogen and oxygen atoms in total. The second-order valence-electron chi connectivity index (χ2n) is 4.05. The fraction of sp³-hybridized carbons (Fsp3) is 0.385. The maximum atomic E-state index is 11.5. The Kier molecular flexibility index (Phi) is 4.30. The van der Waals surface area contributed by atoms with Crippen LogP contribution in [0.5, 0.6) is 0 Å². The van der Waals surface area contributed by atoms with E-state index in [0.29, 0.717) is 19.4 Å². The van der Waals surface area contributed by atoms with Crippen molar-refractivity contribution in [1.82, 2.24) is 5.06 Å². The van der Waals surface area contributed by atoms with Gasteiger partial charge in [-0.15, -0.1) is 0 Å². The Labute approximate surface area is 105 Å². The molecule has 1 fully saturated rings. The lowest BCUT2D eigenvalue weighted by Gasteiger charge is -2.28. The molecule has 0 aliphatic carbocycles. The molecule has 1 saturated heterocycles. The summed E-state index contributed by atoms with van der Waals surface area (Å²) in [4.78, 5) is 27.8. The summed E-state index contributed by atoms with van der Waals surface area (Å²) in [5.74, 6) is -0.401. The van der Waals surface area contributed by atoms with Gasteiger partial charge in [-0.1, -0.05) is 30.3 Å². The highest BCUT2D eigenvalue weighted by molar-refractivity contribution is 5.78. The topological polar surface area (TPSA) is 55.8 Å². The maximum Gasteiger partial charge on any atom is 0.331 e. The third-order valence-corrected chi connectivity index (χ3v) is 2.77. The summed E-state index contributed by atoms with van der Waals surface area (Å²) in [5.41, 5.74) is 0.938. The molecule has 18 heavy (non-hydrogen) atoms. The van der Waals surface area contributed by atoms with E-state index in [1.165, 1.54) is 0 Å². The standard InChI is InChI=1S/C13H15NO4/c15-10-14(12-7-4-8-17-13(12)16)18-9-11-5-2-1-3-6-11/h1-3,5-6,10,12H,4,7-9H2. The first-order valence-electron chi connectivity index (χ1n) is 5.88. The average Bonchev–Trinajstić information content (AvgIpc) is 2.42. The average molecular weight is 249 g/mol. The van der Waals surface area contributed by atoms with E-state index in [4.69, 9.17) is 9.57 Å². The summed E-state index contributed by atoms with van der Waals surface area (Å²) in [7, 11) is 0. The maximum absolute atomic E-state index is 11.5. The van der Waals surface area contributed by atoms with Crippen LogP contribution in [0.3, 0.4) is 0 Å². The van der Waals surface area contributed by atoms with E-state index < -0.39 is 12.0 Å². The largest absolute Gasteiger partial charge is 0.464 e. The highest BCUT2D eigenvalue weighted by Gasteiger charge is 2.30. The molecule has 1 amide bonds. The second kappa shape index (κ2) is 6.16. The highest BCUT2D eigenvalue weighted by atomic mass is 16.7. The Hall–Kier alpha value is -1.88. The highest BCUT2D eigenvalue weighted by Crippen LogP contribution is 2.15. The van der Waals surface area contributed by atoms with Crippen molar-refractivity contribution < 1.29 is 19.2 Å². The van der Waals surface area contributed by atoms with Crippen LogP contribution in [0.15, 0.2) is 30.3 Å². The van der Waals surface area contributed by atoms with Crippen LogP contribution in [0.25, 0.3) is 0 Å². The van der Waals surface area contributed by atoms with Gasteiger partial charge >= 0.3 is 5.97 Å². The molecule has 1 atom stereocenters. The zero-order valence-corrected chi connectivity index (χ0v) is 9.95. The van der Waals surface area contributed by atoms with Crippen molar-refractivity contribution in [2.75, 3.05) is 6.61 Å². The van der Waals surface area contributed by atoms with Gasteiger partial charge in [-0.3, -0.25) is 9.63 Å². The van der Waals surface area contributed by atoms with E-state index in [9.17, 15) is 9.59 Å². The minimum atomic E-state index is -0.625. The third-order valence-electron chi connectivity index (χ3n) is 2.77. The van der Waals surface area contributed by atoms with Crippen molar-refractivity contribution in [3.8, 4) is 0 Å². The number of benzene rings is 1. The van der Waals surface area contributed by atoms with E-state index in [2.05, 4.69) is 0 Å². The number of cyclic esters (lactones) is 1. The van der Waals surface area contributed by atoms with E-state index in [1.807, 2.05) is 30.3 Å². The van der Waals surface area contributed by atoms with Crippen LogP contribution in [0.4, 0.5) is 0 Å². The smallest absolute Gasteiger partial charge is 0.331 e. The molecular weight excluding hydrogens is 234 g/mol. The molecule has 1 aliphatic heterocycles. The Morgan fingerprint density at radius 1 is 1.39 bits per heavy atom. The number of hydrogen-bond donors (Lipinski definition) is 0. The van der Waals surface area contributed by atoms with Gasteiger partial charge in [0.2, 0.25) is 6.41 Å². The first-order chi connectivity index (χ1) is 8.81. The zero-order valence-electron chi connectivity index (χ0n) is 9.95. The Morgan fingerprint density at radius 2 is 2.17 bits per heavy atom. The van der Waals surface area contributed by atoms with Crippen molar-refractivity contribution in [3.05, 3.63) is 35.9 Å². The van der Waals surface area contributed by atoms with Crippen molar-refractivity contribution >= 4 is 12.4 Å². The van der Waals surface area contributed by atoms with Crippen LogP contribution in [0, 0.1) is 0 Å². The lowest BCUT2D eigenvalue weighted by atomic mass is 10.1. The Bertz CT molecular complexity index is 407. The van der Waals surface area contributed by atoms with Crippen molar-refractivity contribution in [3.63, 3.8) is 0 Å². The number of carbonyl (C=O) groups is 2. The van der Waals surface area contributed by atoms with Gasteiger partial charge in [0.25, 0.3) is 0 Å². The molecule has 2 rings (SSSR count). The van der Waals surface area contributed by atoms with E-state index in [-0.39, 0.29) is 6.61 Å². The summed E-state index contributed by atoms with van der Waals surface area (Å²) in [6, 6.07) is 8.83. The van der Waals surface area contributed by atoms with Crippen LogP contribution in [0.2, 0.25) is 0 Å². The number of ether oxygens (including phenoxy) is 1. The molecule has 1 aromatic carbocycles. The Balaban J connectivity index is 1.93. The van der Waals surface area contributed by atoms with Crippen LogP contribution >= 0.6 is 0 Å². The summed E-state index contributed by atoms with van der Waals surface area (Å²) in [6.45, 7) is 0.671. The first-order valence-corrected chi connectivity index (χ1v) is 5.88. The van der Waals surface area contributed by atoms with Gasteiger partial charge < -0.3 is 4.74 Å². The molecule has 1 aliphatic rings. The lowest BCUT2D eigenvalue weighted by Crippen LogP contribution is -2.43. The molecular formula is C13H15NO4. The fourth-order valence-electron chi connectivity index (χ4n) is 1.81. The van der Waals surface area contributed by atoms with Gasteiger partial charge in [0.15, 0.2) is 6.04 Å². The van der Waals surface area contributed by atoms with E-state index in [0.717, 1.165) is 17.0 Å². The van der Waals surface area contributed by atoms with Crippen molar-refractivity contribution in [2.24, 2.45) is 0 Å². The van der Waals surface area contributed by atoms with Crippen LogP contribution in [-0.4, -0.2) is 30.1 Å². The molecule has 5 heteroatoms. The SMILES string of the molecule is O=CN(OCc1ccccc1)C1CCCOC1=O. The molecule has 96 valence electrons. The first kappa shape index (κ1) is 12.6. The van der Waals surface area contributed by atoms with Crippen LogP contribution < -0.4 is 0 Å². The van der Waals surface area contributed by atoms with Gasteiger partial charge in [0.05, 0.1) is 6.61 Å². The third kappa shape index (κ3) is 3.07.